The summed E-state index contributed by atoms with van der Waals surface area (Å²) in [6.07, 6.45) is 3.83. The first-order valence-corrected chi connectivity index (χ1v) is 6.37. The lowest BCUT2D eigenvalue weighted by molar-refractivity contribution is 0.370. The normalized spacial score (nSPS) is 11.1. The van der Waals surface area contributed by atoms with Gasteiger partial charge in [-0.15, -0.1) is 0 Å². The molecule has 1 N–H and O–H groups in total. The molecule has 0 fully saturated rings. The molecule has 0 amide bonds. The third kappa shape index (κ3) is 2.72. The molecule has 0 bridgehead atoms. The quantitative estimate of drug-likeness (QED) is 0.897. The highest BCUT2D eigenvalue weighted by molar-refractivity contribution is 5.42. The van der Waals surface area contributed by atoms with Crippen LogP contribution in [0.2, 0.25) is 0 Å². The van der Waals surface area contributed by atoms with Crippen LogP contribution >= 0.6 is 0 Å². The Balaban J connectivity index is 2.09. The maximum atomic E-state index is 5.37. The van der Waals surface area contributed by atoms with E-state index >= 15 is 0 Å². The standard InChI is InChI=1S/C13H21N5O/c1-9(2)18-8-11(6-15-18)14-7-12-10(3)16-17(4)13(12)19-5/h6,8-9,14H,7H2,1-5H3. The van der Waals surface area contributed by atoms with Crippen LogP contribution in [0.15, 0.2) is 12.4 Å². The monoisotopic (exact) mass is 263 g/mol. The van der Waals surface area contributed by atoms with Crippen LogP contribution in [0.25, 0.3) is 0 Å². The van der Waals surface area contributed by atoms with E-state index in [4.69, 9.17) is 4.74 Å². The molecule has 0 aliphatic rings. The van der Waals surface area contributed by atoms with Gasteiger partial charge in [-0.2, -0.15) is 10.2 Å². The van der Waals surface area contributed by atoms with Gasteiger partial charge in [0.15, 0.2) is 0 Å². The van der Waals surface area contributed by atoms with Crippen LogP contribution in [0.5, 0.6) is 5.88 Å². The zero-order chi connectivity index (χ0) is 14.0. The van der Waals surface area contributed by atoms with Gasteiger partial charge in [-0.3, -0.25) is 4.68 Å². The fraction of sp³-hybridized carbons (Fsp3) is 0.538. The minimum absolute atomic E-state index is 0.366. The van der Waals surface area contributed by atoms with E-state index in [0.29, 0.717) is 12.6 Å². The summed E-state index contributed by atoms with van der Waals surface area (Å²) in [5.74, 6) is 0.793. The van der Waals surface area contributed by atoms with Crippen molar-refractivity contribution in [3.05, 3.63) is 23.7 Å². The number of hydrogen-bond donors (Lipinski definition) is 1. The number of rotatable bonds is 5. The molecule has 0 saturated carbocycles. The van der Waals surface area contributed by atoms with Crippen LogP contribution in [-0.4, -0.2) is 26.7 Å². The topological polar surface area (TPSA) is 56.9 Å². The summed E-state index contributed by atoms with van der Waals surface area (Å²) in [4.78, 5) is 0. The first-order chi connectivity index (χ1) is 9.02. The van der Waals surface area contributed by atoms with E-state index in [0.717, 1.165) is 22.8 Å². The van der Waals surface area contributed by atoms with E-state index in [1.165, 1.54) is 0 Å². The van der Waals surface area contributed by atoms with Gasteiger partial charge >= 0.3 is 0 Å². The zero-order valence-electron chi connectivity index (χ0n) is 12.1. The van der Waals surface area contributed by atoms with Gasteiger partial charge in [-0.1, -0.05) is 0 Å². The van der Waals surface area contributed by atoms with Gasteiger partial charge in [0.05, 0.1) is 30.3 Å². The average Bonchev–Trinajstić information content (AvgIpc) is 2.91. The van der Waals surface area contributed by atoms with Gasteiger partial charge in [0, 0.05) is 25.8 Å². The number of nitrogens with one attached hydrogen (secondary N) is 1. The lowest BCUT2D eigenvalue weighted by Gasteiger charge is -2.06. The maximum absolute atomic E-state index is 5.37. The van der Waals surface area contributed by atoms with Crippen molar-refractivity contribution in [3.63, 3.8) is 0 Å². The number of methoxy groups -OCH3 is 1. The molecule has 2 aromatic heterocycles. The molecule has 0 saturated heterocycles. The number of hydrogen-bond acceptors (Lipinski definition) is 4. The Morgan fingerprint density at radius 3 is 2.74 bits per heavy atom. The largest absolute Gasteiger partial charge is 0.481 e. The molecule has 0 radical (unpaired) electrons. The number of anilines is 1. The highest BCUT2D eigenvalue weighted by Gasteiger charge is 2.13. The van der Waals surface area contributed by atoms with Crippen molar-refractivity contribution in [1.29, 1.82) is 0 Å². The molecule has 0 spiro atoms. The third-order valence-electron chi connectivity index (χ3n) is 3.08. The Bertz CT molecular complexity index is 555. The number of nitrogens with zero attached hydrogens (tertiary/aromatic N) is 4. The average molecular weight is 263 g/mol. The van der Waals surface area contributed by atoms with Crippen molar-refractivity contribution in [2.45, 2.75) is 33.4 Å². The van der Waals surface area contributed by atoms with Crippen LogP contribution in [-0.2, 0) is 13.6 Å². The van der Waals surface area contributed by atoms with Gasteiger partial charge in [-0.05, 0) is 20.8 Å². The fourth-order valence-corrected chi connectivity index (χ4v) is 2.04. The molecule has 2 rings (SSSR count). The molecular weight excluding hydrogens is 242 g/mol. The minimum Gasteiger partial charge on any atom is -0.481 e. The molecule has 104 valence electrons. The van der Waals surface area contributed by atoms with Gasteiger partial charge < -0.3 is 10.1 Å². The second-order valence-electron chi connectivity index (χ2n) is 4.85. The van der Waals surface area contributed by atoms with Crippen molar-refractivity contribution in [1.82, 2.24) is 19.6 Å². The summed E-state index contributed by atoms with van der Waals surface area (Å²) in [6.45, 7) is 6.86. The van der Waals surface area contributed by atoms with Crippen molar-refractivity contribution >= 4 is 5.69 Å². The highest BCUT2D eigenvalue weighted by atomic mass is 16.5. The van der Waals surface area contributed by atoms with E-state index in [1.807, 2.05) is 31.0 Å². The molecule has 0 atom stereocenters. The molecule has 0 aliphatic heterocycles. The molecule has 2 aromatic rings. The zero-order valence-corrected chi connectivity index (χ0v) is 12.1. The number of aryl methyl sites for hydroxylation is 2. The Kier molecular flexibility index (Phi) is 3.78. The minimum atomic E-state index is 0.366. The molecular formula is C13H21N5O. The van der Waals surface area contributed by atoms with E-state index < -0.39 is 0 Å². The first kappa shape index (κ1) is 13.5. The highest BCUT2D eigenvalue weighted by Crippen LogP contribution is 2.22. The SMILES string of the molecule is COc1c(CNc2cnn(C(C)C)c2)c(C)nn1C. The predicted octanol–water partition coefficient (Wildman–Crippen LogP) is 2.13. The van der Waals surface area contributed by atoms with Crippen LogP contribution in [0.3, 0.4) is 0 Å². The van der Waals surface area contributed by atoms with Crippen molar-refractivity contribution in [2.24, 2.45) is 7.05 Å². The maximum Gasteiger partial charge on any atom is 0.216 e. The van der Waals surface area contributed by atoms with Crippen molar-refractivity contribution in [3.8, 4) is 5.88 Å². The molecule has 19 heavy (non-hydrogen) atoms. The Morgan fingerprint density at radius 1 is 1.42 bits per heavy atom. The van der Waals surface area contributed by atoms with Gasteiger partial charge in [0.2, 0.25) is 5.88 Å². The van der Waals surface area contributed by atoms with E-state index in [2.05, 4.69) is 29.4 Å². The Hall–Kier alpha value is -1.98. The summed E-state index contributed by atoms with van der Waals surface area (Å²) in [6, 6.07) is 0.366. The second kappa shape index (κ2) is 5.34. The van der Waals surface area contributed by atoms with Crippen molar-refractivity contribution < 1.29 is 4.74 Å². The van der Waals surface area contributed by atoms with E-state index in [1.54, 1.807) is 11.8 Å². The van der Waals surface area contributed by atoms with Crippen LogP contribution in [0, 0.1) is 6.92 Å². The summed E-state index contributed by atoms with van der Waals surface area (Å²) in [5.41, 5.74) is 3.05. The van der Waals surface area contributed by atoms with E-state index in [9.17, 15) is 0 Å². The summed E-state index contributed by atoms with van der Waals surface area (Å²) in [5, 5.41) is 12.0. The van der Waals surface area contributed by atoms with Gasteiger partial charge in [0.1, 0.15) is 0 Å². The molecule has 6 heteroatoms. The molecule has 0 unspecified atom stereocenters. The molecule has 0 aliphatic carbocycles. The lowest BCUT2D eigenvalue weighted by atomic mass is 10.2. The van der Waals surface area contributed by atoms with Gasteiger partial charge in [-0.25, -0.2) is 4.68 Å². The number of aromatic nitrogens is 4. The van der Waals surface area contributed by atoms with Crippen LogP contribution < -0.4 is 10.1 Å². The third-order valence-corrected chi connectivity index (χ3v) is 3.08. The summed E-state index contributed by atoms with van der Waals surface area (Å²) in [7, 11) is 3.54. The Labute approximate surface area is 113 Å². The van der Waals surface area contributed by atoms with Gasteiger partial charge in [0.25, 0.3) is 0 Å². The fourth-order valence-electron chi connectivity index (χ4n) is 2.04. The summed E-state index contributed by atoms with van der Waals surface area (Å²) >= 11 is 0. The molecule has 6 nitrogen and oxygen atoms in total. The lowest BCUT2D eigenvalue weighted by Crippen LogP contribution is -2.03. The van der Waals surface area contributed by atoms with E-state index in [-0.39, 0.29) is 0 Å². The molecule has 2 heterocycles. The molecule has 0 aromatic carbocycles. The van der Waals surface area contributed by atoms with Crippen molar-refractivity contribution in [2.75, 3.05) is 12.4 Å². The van der Waals surface area contributed by atoms with Crippen LogP contribution in [0.1, 0.15) is 31.1 Å². The smallest absolute Gasteiger partial charge is 0.216 e. The summed E-state index contributed by atoms with van der Waals surface area (Å²) < 4.78 is 9.05. The predicted molar refractivity (Wildman–Crippen MR) is 74.4 cm³/mol. The Morgan fingerprint density at radius 2 is 2.16 bits per heavy atom. The second-order valence-corrected chi connectivity index (χ2v) is 4.85. The first-order valence-electron chi connectivity index (χ1n) is 6.37. The number of ether oxygens (including phenoxy) is 1. The van der Waals surface area contributed by atoms with Crippen LogP contribution in [0.4, 0.5) is 5.69 Å².